The van der Waals surface area contributed by atoms with Crippen LogP contribution in [-0.2, 0) is 19.6 Å². The number of benzene rings is 1. The summed E-state index contributed by atoms with van der Waals surface area (Å²) in [6.45, 7) is 3.96. The fourth-order valence-corrected chi connectivity index (χ4v) is 4.63. The third-order valence-corrected chi connectivity index (χ3v) is 6.30. The number of ether oxygens (including phenoxy) is 1. The van der Waals surface area contributed by atoms with E-state index in [-0.39, 0.29) is 23.3 Å². The number of hydrogen-bond donors (Lipinski definition) is 0. The molecule has 0 saturated carbocycles. The fourth-order valence-electron chi connectivity index (χ4n) is 2.58. The third kappa shape index (κ3) is 2.93. The predicted octanol–water partition coefficient (Wildman–Crippen LogP) is 2.08. The van der Waals surface area contributed by atoms with Gasteiger partial charge in [0.25, 0.3) is 0 Å². The van der Waals surface area contributed by atoms with E-state index in [9.17, 15) is 13.2 Å². The molecule has 2 atom stereocenters. The zero-order valence-electron chi connectivity index (χ0n) is 12.2. The molecular weight excluding hydrogens is 314 g/mol. The van der Waals surface area contributed by atoms with Gasteiger partial charge in [0.1, 0.15) is 0 Å². The second-order valence-electron chi connectivity index (χ2n) is 5.29. The van der Waals surface area contributed by atoms with Gasteiger partial charge in [-0.3, -0.25) is 4.79 Å². The molecule has 7 heteroatoms. The van der Waals surface area contributed by atoms with Crippen LogP contribution in [0.4, 0.5) is 0 Å². The van der Waals surface area contributed by atoms with Gasteiger partial charge in [-0.15, -0.1) is 0 Å². The molecule has 2 unspecified atom stereocenters. The van der Waals surface area contributed by atoms with E-state index < -0.39 is 15.9 Å². The highest BCUT2D eigenvalue weighted by molar-refractivity contribution is 7.89. The van der Waals surface area contributed by atoms with Crippen LogP contribution in [0, 0.1) is 18.8 Å². The van der Waals surface area contributed by atoms with Crippen molar-refractivity contribution in [2.24, 2.45) is 11.8 Å². The van der Waals surface area contributed by atoms with E-state index in [1.165, 1.54) is 17.5 Å². The Kier molecular flexibility index (Phi) is 4.60. The Labute approximate surface area is 129 Å². The molecule has 1 saturated heterocycles. The Morgan fingerprint density at radius 1 is 1.38 bits per heavy atom. The minimum absolute atomic E-state index is 0.0771. The number of methoxy groups -OCH3 is 1. The zero-order chi connectivity index (χ0) is 15.8. The molecule has 1 aliphatic rings. The van der Waals surface area contributed by atoms with Gasteiger partial charge < -0.3 is 4.74 Å². The Morgan fingerprint density at radius 2 is 2.05 bits per heavy atom. The van der Waals surface area contributed by atoms with Crippen LogP contribution in [0.15, 0.2) is 23.1 Å². The smallest absolute Gasteiger partial charge is 0.310 e. The lowest BCUT2D eigenvalue weighted by Crippen LogP contribution is -2.30. The van der Waals surface area contributed by atoms with E-state index in [4.69, 9.17) is 16.3 Å². The summed E-state index contributed by atoms with van der Waals surface area (Å²) >= 11 is 6.00. The number of carbonyl (C=O) groups excluding carboxylic acids is 1. The van der Waals surface area contributed by atoms with Crippen LogP contribution in [0.1, 0.15) is 12.5 Å². The molecule has 116 valence electrons. The molecule has 1 aliphatic heterocycles. The Bertz CT molecular complexity index is 659. The normalized spacial score (nSPS) is 23.2. The maximum absolute atomic E-state index is 12.7. The van der Waals surface area contributed by atoms with Crippen molar-refractivity contribution < 1.29 is 17.9 Å². The van der Waals surface area contributed by atoms with Crippen LogP contribution in [0.3, 0.4) is 0 Å². The van der Waals surface area contributed by atoms with Gasteiger partial charge in [0, 0.05) is 18.1 Å². The van der Waals surface area contributed by atoms with E-state index in [1.54, 1.807) is 19.1 Å². The molecule has 0 radical (unpaired) electrons. The first-order chi connectivity index (χ1) is 9.78. The van der Waals surface area contributed by atoms with Crippen LogP contribution >= 0.6 is 11.6 Å². The van der Waals surface area contributed by atoms with Gasteiger partial charge in [-0.2, -0.15) is 4.31 Å². The third-order valence-electron chi connectivity index (χ3n) is 3.92. The summed E-state index contributed by atoms with van der Waals surface area (Å²) in [4.78, 5) is 11.9. The Balaban J connectivity index is 2.34. The van der Waals surface area contributed by atoms with Crippen molar-refractivity contribution in [1.29, 1.82) is 0 Å². The molecule has 0 aromatic heterocycles. The van der Waals surface area contributed by atoms with Gasteiger partial charge in [0.15, 0.2) is 0 Å². The molecule has 0 N–H and O–H groups in total. The van der Waals surface area contributed by atoms with Crippen molar-refractivity contribution in [3.63, 3.8) is 0 Å². The summed E-state index contributed by atoms with van der Waals surface area (Å²) in [6.07, 6.45) is 0. The molecule has 1 fully saturated rings. The average Bonchev–Trinajstić information content (AvgIpc) is 2.83. The molecule has 0 aliphatic carbocycles. The number of esters is 1. The standard InChI is InChI=1S/C14H18ClNO4S/c1-9-7-16(8-11(9)14(17)20-3)21(18,19)13-6-4-5-12(15)10(13)2/h4-6,9,11H,7-8H2,1-3H3. The summed E-state index contributed by atoms with van der Waals surface area (Å²) in [7, 11) is -2.35. The average molecular weight is 332 g/mol. The molecule has 0 bridgehead atoms. The molecule has 1 aromatic carbocycles. The maximum atomic E-state index is 12.7. The second kappa shape index (κ2) is 5.94. The Hall–Kier alpha value is -1.11. The van der Waals surface area contributed by atoms with Crippen molar-refractivity contribution >= 4 is 27.6 Å². The summed E-state index contributed by atoms with van der Waals surface area (Å²) in [5.41, 5.74) is 0.522. The highest BCUT2D eigenvalue weighted by Crippen LogP contribution is 2.32. The minimum Gasteiger partial charge on any atom is -0.469 e. The van der Waals surface area contributed by atoms with Crippen LogP contribution in [-0.4, -0.2) is 38.9 Å². The Morgan fingerprint density at radius 3 is 2.67 bits per heavy atom. The van der Waals surface area contributed by atoms with E-state index in [1.807, 2.05) is 6.92 Å². The van der Waals surface area contributed by atoms with Gasteiger partial charge in [-0.05, 0) is 30.5 Å². The molecule has 2 rings (SSSR count). The van der Waals surface area contributed by atoms with E-state index in [0.29, 0.717) is 17.1 Å². The van der Waals surface area contributed by atoms with Gasteiger partial charge >= 0.3 is 5.97 Å². The summed E-state index contributed by atoms with van der Waals surface area (Å²) in [5, 5.41) is 0.410. The second-order valence-corrected chi connectivity index (χ2v) is 7.61. The summed E-state index contributed by atoms with van der Waals surface area (Å²) in [5.74, 6) is -0.876. The summed E-state index contributed by atoms with van der Waals surface area (Å²) in [6, 6.07) is 4.80. The number of carbonyl (C=O) groups is 1. The lowest BCUT2D eigenvalue weighted by Gasteiger charge is -2.18. The van der Waals surface area contributed by atoms with Crippen molar-refractivity contribution in [3.05, 3.63) is 28.8 Å². The minimum atomic E-state index is -3.66. The summed E-state index contributed by atoms with van der Waals surface area (Å²) < 4.78 is 31.5. The molecule has 1 aromatic rings. The number of halogens is 1. The highest BCUT2D eigenvalue weighted by Gasteiger charge is 2.41. The monoisotopic (exact) mass is 331 g/mol. The van der Waals surface area contributed by atoms with Crippen LogP contribution in [0.5, 0.6) is 0 Å². The number of nitrogens with zero attached hydrogens (tertiary/aromatic N) is 1. The molecule has 21 heavy (non-hydrogen) atoms. The quantitative estimate of drug-likeness (QED) is 0.795. The topological polar surface area (TPSA) is 63.7 Å². The SMILES string of the molecule is COC(=O)C1CN(S(=O)(=O)c2cccc(Cl)c2C)CC1C. The molecular formula is C14H18ClNO4S. The first kappa shape index (κ1) is 16.3. The largest absolute Gasteiger partial charge is 0.469 e. The van der Waals surface area contributed by atoms with E-state index in [2.05, 4.69) is 0 Å². The molecule has 0 spiro atoms. The van der Waals surface area contributed by atoms with Crippen LogP contribution in [0.2, 0.25) is 5.02 Å². The maximum Gasteiger partial charge on any atom is 0.310 e. The van der Waals surface area contributed by atoms with Gasteiger partial charge in [-0.1, -0.05) is 24.6 Å². The zero-order valence-corrected chi connectivity index (χ0v) is 13.7. The lowest BCUT2D eigenvalue weighted by atomic mass is 9.99. The number of sulfonamides is 1. The van der Waals surface area contributed by atoms with Crippen molar-refractivity contribution in [2.75, 3.05) is 20.2 Å². The van der Waals surface area contributed by atoms with Crippen molar-refractivity contribution in [1.82, 2.24) is 4.31 Å². The number of rotatable bonds is 3. The van der Waals surface area contributed by atoms with Crippen molar-refractivity contribution in [3.8, 4) is 0 Å². The highest BCUT2D eigenvalue weighted by atomic mass is 35.5. The first-order valence-corrected chi connectivity index (χ1v) is 8.44. The van der Waals surface area contributed by atoms with E-state index >= 15 is 0 Å². The molecule has 5 nitrogen and oxygen atoms in total. The molecule has 1 heterocycles. The van der Waals surface area contributed by atoms with Crippen LogP contribution < -0.4 is 0 Å². The van der Waals surface area contributed by atoms with Crippen molar-refractivity contribution in [2.45, 2.75) is 18.7 Å². The van der Waals surface area contributed by atoms with E-state index in [0.717, 1.165) is 0 Å². The van der Waals surface area contributed by atoms with Gasteiger partial charge in [-0.25, -0.2) is 8.42 Å². The predicted molar refractivity (Wildman–Crippen MR) is 79.6 cm³/mol. The lowest BCUT2D eigenvalue weighted by molar-refractivity contribution is -0.145. The molecule has 0 amide bonds. The fraction of sp³-hybridized carbons (Fsp3) is 0.500. The first-order valence-electron chi connectivity index (χ1n) is 6.62. The number of hydrogen-bond acceptors (Lipinski definition) is 4. The van der Waals surface area contributed by atoms with Gasteiger partial charge in [0.05, 0.1) is 17.9 Å². The van der Waals surface area contributed by atoms with Gasteiger partial charge in [0.2, 0.25) is 10.0 Å². The van der Waals surface area contributed by atoms with Crippen LogP contribution in [0.25, 0.3) is 0 Å².